The lowest BCUT2D eigenvalue weighted by Crippen LogP contribution is -2.20. The Labute approximate surface area is 131 Å². The third-order valence-electron chi connectivity index (χ3n) is 2.76. The van der Waals surface area contributed by atoms with Crippen LogP contribution in [0.1, 0.15) is 10.4 Å². The minimum Gasteiger partial charge on any atom is -0.482 e. The molecule has 0 aromatic heterocycles. The second-order valence-corrected chi connectivity index (χ2v) is 4.35. The monoisotopic (exact) mass is 346 g/mol. The van der Waals surface area contributed by atoms with Gasteiger partial charge >= 0.3 is 5.97 Å². The Morgan fingerprint density at radius 3 is 1.88 bits per heavy atom. The molecule has 0 bridgehead atoms. The summed E-state index contributed by atoms with van der Waals surface area (Å²) < 4.78 is 74.5. The Kier molecular flexibility index (Phi) is 5.12. The molecule has 0 amide bonds. The summed E-state index contributed by atoms with van der Waals surface area (Å²) in [7, 11) is 0. The predicted molar refractivity (Wildman–Crippen MR) is 69.2 cm³/mol. The first-order chi connectivity index (χ1) is 11.3. The van der Waals surface area contributed by atoms with E-state index < -0.39 is 47.4 Å². The first kappa shape index (κ1) is 17.4. The molecule has 0 saturated heterocycles. The number of hydrogen-bond acceptors (Lipinski definition) is 4. The standard InChI is InChI=1S/C15H7F5O4/c16-10-11(17)13(19)15(14(20)12(10)18)24-9(22)6-23-8-3-1-7(5-21)2-4-8/h1-5H,6H2. The predicted octanol–water partition coefficient (Wildman–Crippen LogP) is 3.18. The van der Waals surface area contributed by atoms with Crippen molar-refractivity contribution in [2.24, 2.45) is 0 Å². The van der Waals surface area contributed by atoms with E-state index in [-0.39, 0.29) is 5.75 Å². The van der Waals surface area contributed by atoms with Crippen LogP contribution in [0.5, 0.6) is 11.5 Å². The summed E-state index contributed by atoms with van der Waals surface area (Å²) >= 11 is 0. The summed E-state index contributed by atoms with van der Waals surface area (Å²) in [5.41, 5.74) is 0.339. The summed E-state index contributed by atoms with van der Waals surface area (Å²) in [6.45, 7) is -0.861. The lowest BCUT2D eigenvalue weighted by Gasteiger charge is -2.09. The second kappa shape index (κ2) is 7.07. The van der Waals surface area contributed by atoms with E-state index in [2.05, 4.69) is 4.74 Å². The maximum absolute atomic E-state index is 13.3. The number of carbonyl (C=O) groups is 2. The third kappa shape index (κ3) is 3.50. The van der Waals surface area contributed by atoms with Crippen LogP contribution in [0.15, 0.2) is 24.3 Å². The molecular weight excluding hydrogens is 339 g/mol. The molecule has 0 heterocycles. The van der Waals surface area contributed by atoms with Gasteiger partial charge in [-0.2, -0.15) is 8.78 Å². The maximum atomic E-state index is 13.3. The van der Waals surface area contributed by atoms with E-state index in [1.54, 1.807) is 0 Å². The molecule has 0 radical (unpaired) electrons. The van der Waals surface area contributed by atoms with E-state index in [0.717, 1.165) is 0 Å². The smallest absolute Gasteiger partial charge is 0.349 e. The van der Waals surface area contributed by atoms with Crippen molar-refractivity contribution in [2.45, 2.75) is 0 Å². The van der Waals surface area contributed by atoms with Crippen LogP contribution >= 0.6 is 0 Å². The van der Waals surface area contributed by atoms with E-state index in [1.807, 2.05) is 0 Å². The zero-order valence-corrected chi connectivity index (χ0v) is 11.6. The van der Waals surface area contributed by atoms with Crippen molar-refractivity contribution in [2.75, 3.05) is 6.61 Å². The first-order valence-corrected chi connectivity index (χ1v) is 6.25. The zero-order valence-electron chi connectivity index (χ0n) is 11.6. The fraction of sp³-hybridized carbons (Fsp3) is 0.0667. The van der Waals surface area contributed by atoms with Crippen molar-refractivity contribution >= 4 is 12.3 Å². The summed E-state index contributed by atoms with van der Waals surface area (Å²) in [6.07, 6.45) is 0.571. The molecule has 2 aromatic rings. The Hall–Kier alpha value is -2.97. The van der Waals surface area contributed by atoms with Crippen LogP contribution in [0.2, 0.25) is 0 Å². The van der Waals surface area contributed by atoms with Gasteiger partial charge in [-0.15, -0.1) is 0 Å². The average molecular weight is 346 g/mol. The van der Waals surface area contributed by atoms with Crippen molar-refractivity contribution < 1.29 is 41.0 Å². The molecule has 2 aromatic carbocycles. The minimum absolute atomic E-state index is 0.120. The number of esters is 1. The Balaban J connectivity index is 2.08. The molecule has 0 fully saturated rings. The molecule has 9 heteroatoms. The van der Waals surface area contributed by atoms with Gasteiger partial charge in [0.2, 0.25) is 34.8 Å². The number of halogens is 5. The van der Waals surface area contributed by atoms with Crippen LogP contribution in [0.4, 0.5) is 22.0 Å². The quantitative estimate of drug-likeness (QED) is 0.208. The molecule has 4 nitrogen and oxygen atoms in total. The van der Waals surface area contributed by atoms with Crippen molar-refractivity contribution in [3.63, 3.8) is 0 Å². The van der Waals surface area contributed by atoms with Gasteiger partial charge in [0.15, 0.2) is 6.61 Å². The van der Waals surface area contributed by atoms with Crippen LogP contribution < -0.4 is 9.47 Å². The van der Waals surface area contributed by atoms with Crippen LogP contribution in [0.25, 0.3) is 0 Å². The second-order valence-electron chi connectivity index (χ2n) is 4.35. The molecule has 0 aliphatic rings. The molecule has 0 spiro atoms. The number of hydrogen-bond donors (Lipinski definition) is 0. The Bertz CT molecular complexity index is 760. The van der Waals surface area contributed by atoms with Crippen LogP contribution in [0.3, 0.4) is 0 Å². The Morgan fingerprint density at radius 1 is 0.875 bits per heavy atom. The normalized spacial score (nSPS) is 10.4. The highest BCUT2D eigenvalue weighted by Crippen LogP contribution is 2.29. The largest absolute Gasteiger partial charge is 0.482 e. The van der Waals surface area contributed by atoms with Gasteiger partial charge in [-0.1, -0.05) is 0 Å². The molecule has 0 saturated carbocycles. The fourth-order valence-corrected chi connectivity index (χ4v) is 1.60. The lowest BCUT2D eigenvalue weighted by molar-refractivity contribution is -0.137. The maximum Gasteiger partial charge on any atom is 0.349 e. The topological polar surface area (TPSA) is 52.6 Å². The van der Waals surface area contributed by atoms with E-state index in [4.69, 9.17) is 4.74 Å². The van der Waals surface area contributed by atoms with Gasteiger partial charge in [0.05, 0.1) is 0 Å². The van der Waals surface area contributed by atoms with E-state index in [0.29, 0.717) is 11.8 Å². The molecular formula is C15H7F5O4. The molecule has 126 valence electrons. The van der Waals surface area contributed by atoms with E-state index in [9.17, 15) is 31.5 Å². The van der Waals surface area contributed by atoms with Crippen LogP contribution in [-0.4, -0.2) is 18.9 Å². The van der Waals surface area contributed by atoms with Gasteiger partial charge in [0.1, 0.15) is 12.0 Å². The number of rotatable bonds is 5. The third-order valence-corrected chi connectivity index (χ3v) is 2.76. The van der Waals surface area contributed by atoms with Crippen LogP contribution in [0, 0.1) is 29.1 Å². The molecule has 0 unspecified atom stereocenters. The highest BCUT2D eigenvalue weighted by Gasteiger charge is 2.28. The van der Waals surface area contributed by atoms with E-state index in [1.165, 1.54) is 24.3 Å². The molecule has 0 N–H and O–H groups in total. The van der Waals surface area contributed by atoms with E-state index >= 15 is 0 Å². The van der Waals surface area contributed by atoms with Gasteiger partial charge in [-0.05, 0) is 24.3 Å². The molecule has 0 aliphatic carbocycles. The highest BCUT2D eigenvalue weighted by molar-refractivity contribution is 5.75. The number of ether oxygens (including phenoxy) is 2. The van der Waals surface area contributed by atoms with Gasteiger partial charge in [-0.3, -0.25) is 4.79 Å². The van der Waals surface area contributed by atoms with Crippen molar-refractivity contribution in [3.8, 4) is 11.5 Å². The van der Waals surface area contributed by atoms with Crippen molar-refractivity contribution in [1.29, 1.82) is 0 Å². The summed E-state index contributed by atoms with van der Waals surface area (Å²) in [5, 5.41) is 0. The Morgan fingerprint density at radius 2 is 1.38 bits per heavy atom. The molecule has 0 aliphatic heterocycles. The number of aldehydes is 1. The zero-order chi connectivity index (χ0) is 17.9. The number of benzene rings is 2. The van der Waals surface area contributed by atoms with Gasteiger partial charge in [0, 0.05) is 5.56 Å². The van der Waals surface area contributed by atoms with Crippen molar-refractivity contribution in [3.05, 3.63) is 58.9 Å². The van der Waals surface area contributed by atoms with Gasteiger partial charge in [0.25, 0.3) is 0 Å². The summed E-state index contributed by atoms with van der Waals surface area (Å²) in [5.74, 6) is -14.4. The van der Waals surface area contributed by atoms with Crippen molar-refractivity contribution in [1.82, 2.24) is 0 Å². The molecule has 2 rings (SSSR count). The van der Waals surface area contributed by atoms with Gasteiger partial charge in [-0.25, -0.2) is 18.0 Å². The first-order valence-electron chi connectivity index (χ1n) is 6.25. The summed E-state index contributed by atoms with van der Waals surface area (Å²) in [4.78, 5) is 21.9. The average Bonchev–Trinajstić information content (AvgIpc) is 2.60. The SMILES string of the molecule is O=Cc1ccc(OCC(=O)Oc2c(F)c(F)c(F)c(F)c2F)cc1. The summed E-state index contributed by atoms with van der Waals surface area (Å²) in [6, 6.07) is 5.40. The fourth-order valence-electron chi connectivity index (χ4n) is 1.60. The van der Waals surface area contributed by atoms with Crippen LogP contribution in [-0.2, 0) is 4.79 Å². The molecule has 24 heavy (non-hydrogen) atoms. The molecule has 0 atom stereocenters. The van der Waals surface area contributed by atoms with Gasteiger partial charge < -0.3 is 9.47 Å². The minimum atomic E-state index is -2.36. The lowest BCUT2D eigenvalue weighted by atomic mass is 10.2. The highest BCUT2D eigenvalue weighted by atomic mass is 19.2. The number of carbonyl (C=O) groups excluding carboxylic acids is 2.